The van der Waals surface area contributed by atoms with E-state index in [1.165, 1.54) is 13.0 Å². The first-order valence-corrected chi connectivity index (χ1v) is 10.7. The lowest BCUT2D eigenvalue weighted by Gasteiger charge is -2.35. The SMILES string of the molecule is CC(=O)N[C@H](C[N+](=O)[O-])[C@]1(Cc2ccccc2)C(=O)N(C(=O)OC(C)(C)C)c2ccc(F)cc21. The van der Waals surface area contributed by atoms with Gasteiger partial charge in [0.15, 0.2) is 0 Å². The minimum absolute atomic E-state index is 0.0512. The number of hydrogen-bond acceptors (Lipinski definition) is 6. The molecule has 0 bridgehead atoms. The molecule has 0 spiro atoms. The number of anilines is 1. The van der Waals surface area contributed by atoms with Gasteiger partial charge in [0, 0.05) is 11.8 Å². The van der Waals surface area contributed by atoms with Crippen LogP contribution >= 0.6 is 0 Å². The molecule has 0 saturated carbocycles. The standard InChI is InChI=1S/C24H26FN3O6/c1-15(29)26-20(14-27(32)33)24(13-16-8-6-5-7-9-16)18-12-17(25)10-11-19(18)28(21(24)30)22(31)34-23(2,3)4/h5-12,20H,13-14H2,1-4H3,(H,26,29)/t20-,24-/m1/s1. The minimum atomic E-state index is -1.84. The van der Waals surface area contributed by atoms with Crippen LogP contribution < -0.4 is 10.2 Å². The van der Waals surface area contributed by atoms with Gasteiger partial charge in [-0.2, -0.15) is 0 Å². The lowest BCUT2D eigenvalue weighted by Crippen LogP contribution is -2.60. The number of nitro groups is 1. The first kappa shape index (κ1) is 24.8. The molecule has 34 heavy (non-hydrogen) atoms. The van der Waals surface area contributed by atoms with Crippen LogP contribution in [0.2, 0.25) is 0 Å². The van der Waals surface area contributed by atoms with Crippen molar-refractivity contribution in [2.75, 3.05) is 11.4 Å². The molecule has 0 radical (unpaired) electrons. The summed E-state index contributed by atoms with van der Waals surface area (Å²) >= 11 is 0. The van der Waals surface area contributed by atoms with Gasteiger partial charge in [-0.15, -0.1) is 0 Å². The summed E-state index contributed by atoms with van der Waals surface area (Å²) in [6.45, 7) is 5.22. The number of imide groups is 1. The van der Waals surface area contributed by atoms with Gasteiger partial charge < -0.3 is 10.1 Å². The second-order valence-corrected chi connectivity index (χ2v) is 9.18. The predicted molar refractivity (Wildman–Crippen MR) is 121 cm³/mol. The zero-order valence-electron chi connectivity index (χ0n) is 19.3. The van der Waals surface area contributed by atoms with Crippen molar-refractivity contribution in [1.82, 2.24) is 5.32 Å². The maximum Gasteiger partial charge on any atom is 0.421 e. The number of rotatable bonds is 6. The van der Waals surface area contributed by atoms with Crippen molar-refractivity contribution < 1.29 is 28.4 Å². The maximum atomic E-state index is 14.5. The van der Waals surface area contributed by atoms with E-state index in [9.17, 15) is 28.9 Å². The van der Waals surface area contributed by atoms with E-state index < -0.39 is 52.3 Å². The second-order valence-electron chi connectivity index (χ2n) is 9.18. The Morgan fingerprint density at radius 2 is 1.85 bits per heavy atom. The van der Waals surface area contributed by atoms with Crippen LogP contribution in [0.25, 0.3) is 0 Å². The van der Waals surface area contributed by atoms with Crippen molar-refractivity contribution in [3.63, 3.8) is 0 Å². The van der Waals surface area contributed by atoms with Gasteiger partial charge in [-0.1, -0.05) is 30.3 Å². The molecule has 3 amide bonds. The number of ether oxygens (including phenoxy) is 1. The van der Waals surface area contributed by atoms with Crippen LogP contribution in [-0.4, -0.2) is 41.0 Å². The summed E-state index contributed by atoms with van der Waals surface area (Å²) in [6.07, 6.45) is -1.12. The molecule has 0 aliphatic carbocycles. The van der Waals surface area contributed by atoms with E-state index in [-0.39, 0.29) is 17.7 Å². The van der Waals surface area contributed by atoms with Crippen molar-refractivity contribution in [3.8, 4) is 0 Å². The van der Waals surface area contributed by atoms with Gasteiger partial charge in [-0.05, 0) is 56.5 Å². The Hall–Kier alpha value is -3.82. The number of nitrogens with one attached hydrogen (secondary N) is 1. The molecule has 180 valence electrons. The highest BCUT2D eigenvalue weighted by molar-refractivity contribution is 6.21. The molecule has 9 nitrogen and oxygen atoms in total. The largest absolute Gasteiger partial charge is 0.443 e. The quantitative estimate of drug-likeness (QED) is 0.510. The topological polar surface area (TPSA) is 119 Å². The zero-order valence-corrected chi connectivity index (χ0v) is 19.3. The van der Waals surface area contributed by atoms with Gasteiger partial charge in [0.05, 0.1) is 5.69 Å². The van der Waals surface area contributed by atoms with Crippen LogP contribution in [0.3, 0.4) is 0 Å². The van der Waals surface area contributed by atoms with Crippen molar-refractivity contribution >= 4 is 23.6 Å². The number of nitrogens with zero attached hydrogens (tertiary/aromatic N) is 2. The minimum Gasteiger partial charge on any atom is -0.443 e. The zero-order chi connectivity index (χ0) is 25.3. The third-order valence-electron chi connectivity index (χ3n) is 5.47. The predicted octanol–water partition coefficient (Wildman–Crippen LogP) is 3.37. The monoisotopic (exact) mass is 471 g/mol. The van der Waals surface area contributed by atoms with Crippen molar-refractivity contribution in [2.45, 2.75) is 51.2 Å². The van der Waals surface area contributed by atoms with Gasteiger partial charge >= 0.3 is 6.09 Å². The number of amides is 3. The first-order chi connectivity index (χ1) is 15.8. The summed E-state index contributed by atoms with van der Waals surface area (Å²) in [6, 6.07) is 10.7. The van der Waals surface area contributed by atoms with Crippen molar-refractivity contribution in [1.29, 1.82) is 0 Å². The van der Waals surface area contributed by atoms with E-state index in [0.717, 1.165) is 17.0 Å². The number of carbonyl (C=O) groups excluding carboxylic acids is 3. The molecular weight excluding hydrogens is 445 g/mol. The third kappa shape index (κ3) is 4.90. The van der Waals surface area contributed by atoms with Crippen LogP contribution in [0.4, 0.5) is 14.9 Å². The smallest absolute Gasteiger partial charge is 0.421 e. The van der Waals surface area contributed by atoms with Crippen LogP contribution in [0.1, 0.15) is 38.8 Å². The fraction of sp³-hybridized carbons (Fsp3) is 0.375. The number of carbonyl (C=O) groups is 3. The van der Waals surface area contributed by atoms with E-state index in [4.69, 9.17) is 4.74 Å². The molecule has 0 saturated heterocycles. The Morgan fingerprint density at radius 1 is 1.21 bits per heavy atom. The summed E-state index contributed by atoms with van der Waals surface area (Å²) < 4.78 is 19.9. The number of benzene rings is 2. The fourth-order valence-corrected chi connectivity index (χ4v) is 4.24. The van der Waals surface area contributed by atoms with Crippen LogP contribution in [0.15, 0.2) is 48.5 Å². The first-order valence-electron chi connectivity index (χ1n) is 10.7. The molecule has 0 unspecified atom stereocenters. The van der Waals surface area contributed by atoms with Crippen molar-refractivity contribution in [2.24, 2.45) is 0 Å². The Kier molecular flexibility index (Phi) is 6.72. The second kappa shape index (κ2) is 9.20. The molecular formula is C24H26FN3O6. The van der Waals surface area contributed by atoms with Gasteiger partial charge in [0.1, 0.15) is 22.9 Å². The van der Waals surface area contributed by atoms with Gasteiger partial charge in [0.25, 0.3) is 0 Å². The molecule has 2 aromatic carbocycles. The fourth-order valence-electron chi connectivity index (χ4n) is 4.24. The molecule has 1 heterocycles. The average molecular weight is 471 g/mol. The summed E-state index contributed by atoms with van der Waals surface area (Å²) in [5.74, 6) is -2.15. The maximum absolute atomic E-state index is 14.5. The lowest BCUT2D eigenvalue weighted by molar-refractivity contribution is -0.484. The average Bonchev–Trinajstić information content (AvgIpc) is 2.95. The molecule has 1 aliphatic rings. The molecule has 0 fully saturated rings. The number of fused-ring (bicyclic) bond motifs is 1. The molecule has 3 rings (SSSR count). The lowest BCUT2D eigenvalue weighted by atomic mass is 9.70. The summed E-state index contributed by atoms with van der Waals surface area (Å²) in [4.78, 5) is 50.9. The number of halogens is 1. The Morgan fingerprint density at radius 3 is 2.41 bits per heavy atom. The third-order valence-corrected chi connectivity index (χ3v) is 5.47. The summed E-state index contributed by atoms with van der Waals surface area (Å²) in [7, 11) is 0. The Labute approximate surface area is 196 Å². The van der Waals surface area contributed by atoms with Gasteiger partial charge in [0.2, 0.25) is 18.4 Å². The highest BCUT2D eigenvalue weighted by Gasteiger charge is 2.59. The Bertz CT molecular complexity index is 1120. The summed E-state index contributed by atoms with van der Waals surface area (Å²) in [5.41, 5.74) is -2.06. The molecule has 0 aromatic heterocycles. The van der Waals surface area contributed by atoms with E-state index >= 15 is 0 Å². The molecule has 10 heteroatoms. The van der Waals surface area contributed by atoms with E-state index in [1.54, 1.807) is 51.1 Å². The number of hydrogen-bond donors (Lipinski definition) is 1. The van der Waals surface area contributed by atoms with Crippen LogP contribution in [0.5, 0.6) is 0 Å². The normalized spacial score (nSPS) is 18.3. The molecule has 2 aromatic rings. The van der Waals surface area contributed by atoms with E-state index in [2.05, 4.69) is 5.32 Å². The van der Waals surface area contributed by atoms with Crippen LogP contribution in [-0.2, 0) is 26.2 Å². The highest BCUT2D eigenvalue weighted by atomic mass is 19.1. The van der Waals surface area contributed by atoms with Crippen LogP contribution in [0, 0.1) is 15.9 Å². The van der Waals surface area contributed by atoms with E-state index in [0.29, 0.717) is 5.56 Å². The highest BCUT2D eigenvalue weighted by Crippen LogP contribution is 2.47. The van der Waals surface area contributed by atoms with Gasteiger partial charge in [-0.3, -0.25) is 19.7 Å². The molecule has 2 atom stereocenters. The molecule has 1 aliphatic heterocycles. The van der Waals surface area contributed by atoms with Crippen molar-refractivity contribution in [3.05, 3.63) is 75.6 Å². The van der Waals surface area contributed by atoms with Gasteiger partial charge in [-0.25, -0.2) is 14.1 Å². The summed E-state index contributed by atoms with van der Waals surface area (Å²) in [5, 5.41) is 14.1. The Balaban J connectivity index is 2.29. The molecule has 1 N–H and O–H groups in total. The van der Waals surface area contributed by atoms with E-state index in [1.807, 2.05) is 0 Å².